The van der Waals surface area contributed by atoms with Gasteiger partial charge in [-0.25, -0.2) is 0 Å². The summed E-state index contributed by atoms with van der Waals surface area (Å²) in [6, 6.07) is 3.97. The van der Waals surface area contributed by atoms with Crippen LogP contribution in [0.5, 0.6) is 0 Å². The molecule has 0 bridgehead atoms. The van der Waals surface area contributed by atoms with Gasteiger partial charge in [-0.3, -0.25) is 0 Å². The number of halogens is 1. The van der Waals surface area contributed by atoms with Gasteiger partial charge in [0.05, 0.1) is 10.9 Å². The number of hydrogen-bond acceptors (Lipinski definition) is 5. The van der Waals surface area contributed by atoms with E-state index in [9.17, 15) is 0 Å². The van der Waals surface area contributed by atoms with Crippen molar-refractivity contribution in [3.05, 3.63) is 26.9 Å². The predicted octanol–water partition coefficient (Wildman–Crippen LogP) is 3.93. The lowest BCUT2D eigenvalue weighted by Gasteiger charge is -2.04. The molecule has 2 heterocycles. The van der Waals surface area contributed by atoms with E-state index in [0.717, 1.165) is 15.9 Å². The Morgan fingerprint density at radius 1 is 1.47 bits per heavy atom. The highest BCUT2D eigenvalue weighted by atomic mass is 35.5. The number of nitrogen functional groups attached to an aromatic ring is 1. The van der Waals surface area contributed by atoms with Crippen molar-refractivity contribution in [3.8, 4) is 0 Å². The van der Waals surface area contributed by atoms with Crippen LogP contribution in [0.4, 0.5) is 10.8 Å². The SMILES string of the molecule is Nc1nsc(NCc2ccc(Cl)s2)c1C1CC1. The van der Waals surface area contributed by atoms with E-state index in [0.29, 0.717) is 11.7 Å². The lowest BCUT2D eigenvalue weighted by atomic mass is 10.2. The largest absolute Gasteiger partial charge is 0.383 e. The van der Waals surface area contributed by atoms with E-state index in [2.05, 4.69) is 9.69 Å². The maximum Gasteiger partial charge on any atom is 0.142 e. The highest BCUT2D eigenvalue weighted by Gasteiger charge is 2.30. The predicted molar refractivity (Wildman–Crippen MR) is 75.2 cm³/mol. The molecule has 0 radical (unpaired) electrons. The molecular formula is C11H12ClN3S2. The third kappa shape index (κ3) is 2.41. The molecule has 0 unspecified atom stereocenters. The third-order valence-electron chi connectivity index (χ3n) is 2.79. The number of rotatable bonds is 4. The number of anilines is 2. The zero-order chi connectivity index (χ0) is 11.8. The molecule has 1 saturated carbocycles. The number of thiophene rings is 1. The summed E-state index contributed by atoms with van der Waals surface area (Å²) < 4.78 is 5.06. The first kappa shape index (κ1) is 11.3. The van der Waals surface area contributed by atoms with Gasteiger partial charge in [0.15, 0.2) is 0 Å². The molecule has 90 valence electrons. The zero-order valence-corrected chi connectivity index (χ0v) is 11.5. The molecule has 1 fully saturated rings. The summed E-state index contributed by atoms with van der Waals surface area (Å²) in [4.78, 5) is 1.23. The van der Waals surface area contributed by atoms with Gasteiger partial charge in [-0.1, -0.05) is 11.6 Å². The second-order valence-corrected chi connectivity index (χ2v) is 6.72. The summed E-state index contributed by atoms with van der Waals surface area (Å²) >= 11 is 8.95. The molecular weight excluding hydrogens is 274 g/mol. The lowest BCUT2D eigenvalue weighted by molar-refractivity contribution is 1.11. The van der Waals surface area contributed by atoms with Crippen LogP contribution in [0.25, 0.3) is 0 Å². The van der Waals surface area contributed by atoms with Gasteiger partial charge in [0.1, 0.15) is 10.8 Å². The van der Waals surface area contributed by atoms with Crippen molar-refractivity contribution >= 4 is 45.3 Å². The molecule has 3 rings (SSSR count). The van der Waals surface area contributed by atoms with Crippen molar-refractivity contribution in [1.82, 2.24) is 4.37 Å². The van der Waals surface area contributed by atoms with E-state index < -0.39 is 0 Å². The van der Waals surface area contributed by atoms with Crippen LogP contribution in [0.15, 0.2) is 12.1 Å². The fraction of sp³-hybridized carbons (Fsp3) is 0.364. The Morgan fingerprint density at radius 2 is 2.29 bits per heavy atom. The van der Waals surface area contributed by atoms with Gasteiger partial charge >= 0.3 is 0 Å². The first-order valence-electron chi connectivity index (χ1n) is 5.47. The maximum absolute atomic E-state index is 5.90. The highest BCUT2D eigenvalue weighted by Crippen LogP contribution is 2.47. The van der Waals surface area contributed by atoms with E-state index >= 15 is 0 Å². The number of nitrogens with one attached hydrogen (secondary N) is 1. The van der Waals surface area contributed by atoms with E-state index in [1.165, 1.54) is 34.8 Å². The molecule has 1 aliphatic rings. The molecule has 0 aliphatic heterocycles. The average Bonchev–Trinajstić information content (AvgIpc) is 2.95. The molecule has 0 atom stereocenters. The van der Waals surface area contributed by atoms with Crippen molar-refractivity contribution in [1.29, 1.82) is 0 Å². The number of hydrogen-bond donors (Lipinski definition) is 2. The fourth-order valence-electron chi connectivity index (χ4n) is 1.82. The monoisotopic (exact) mass is 285 g/mol. The van der Waals surface area contributed by atoms with Crippen molar-refractivity contribution < 1.29 is 0 Å². The molecule has 1 aliphatic carbocycles. The van der Waals surface area contributed by atoms with Gasteiger partial charge in [0.25, 0.3) is 0 Å². The zero-order valence-electron chi connectivity index (χ0n) is 9.07. The minimum absolute atomic E-state index is 0.628. The quantitative estimate of drug-likeness (QED) is 0.895. The topological polar surface area (TPSA) is 50.9 Å². The Hall–Kier alpha value is -0.780. The summed E-state index contributed by atoms with van der Waals surface area (Å²) in [6.45, 7) is 0.790. The standard InChI is InChI=1S/C11H12ClN3S2/c12-8-4-3-7(16-8)5-14-11-9(6-1-2-6)10(13)15-17-11/h3-4,6,14H,1-2,5H2,(H2,13,15). The average molecular weight is 286 g/mol. The minimum Gasteiger partial charge on any atom is -0.383 e. The lowest BCUT2D eigenvalue weighted by Crippen LogP contribution is -1.99. The van der Waals surface area contributed by atoms with Crippen LogP contribution in [-0.4, -0.2) is 4.37 Å². The first-order chi connectivity index (χ1) is 8.24. The minimum atomic E-state index is 0.628. The molecule has 0 spiro atoms. The molecule has 0 aromatic carbocycles. The number of nitrogens with two attached hydrogens (primary N) is 1. The van der Waals surface area contributed by atoms with Gasteiger partial charge in [0.2, 0.25) is 0 Å². The summed E-state index contributed by atoms with van der Waals surface area (Å²) in [5, 5.41) is 4.53. The number of aromatic nitrogens is 1. The third-order valence-corrected chi connectivity index (χ3v) is 4.86. The summed E-state index contributed by atoms with van der Waals surface area (Å²) in [5.41, 5.74) is 7.12. The smallest absolute Gasteiger partial charge is 0.142 e. The second kappa shape index (κ2) is 4.48. The summed E-state index contributed by atoms with van der Waals surface area (Å²) in [5.74, 6) is 1.33. The van der Waals surface area contributed by atoms with E-state index in [1.807, 2.05) is 12.1 Å². The molecule has 2 aromatic rings. The van der Waals surface area contributed by atoms with Gasteiger partial charge in [-0.2, -0.15) is 4.37 Å². The molecule has 3 N–H and O–H groups in total. The normalized spacial score (nSPS) is 15.1. The van der Waals surface area contributed by atoms with Crippen LogP contribution in [-0.2, 0) is 6.54 Å². The van der Waals surface area contributed by atoms with Crippen molar-refractivity contribution in [2.75, 3.05) is 11.1 Å². The molecule has 0 saturated heterocycles. The van der Waals surface area contributed by atoms with Crippen molar-refractivity contribution in [3.63, 3.8) is 0 Å². The van der Waals surface area contributed by atoms with E-state index in [1.54, 1.807) is 11.3 Å². The van der Waals surface area contributed by atoms with Crippen LogP contribution in [0.2, 0.25) is 4.34 Å². The van der Waals surface area contributed by atoms with Crippen LogP contribution in [0.1, 0.15) is 29.2 Å². The highest BCUT2D eigenvalue weighted by molar-refractivity contribution is 7.16. The Morgan fingerprint density at radius 3 is 2.94 bits per heavy atom. The van der Waals surface area contributed by atoms with Crippen LogP contribution in [0, 0.1) is 0 Å². The van der Waals surface area contributed by atoms with Gasteiger partial charge in [-0.15, -0.1) is 11.3 Å². The van der Waals surface area contributed by atoms with Crippen LogP contribution < -0.4 is 11.1 Å². The molecule has 3 nitrogen and oxygen atoms in total. The van der Waals surface area contributed by atoms with Crippen molar-refractivity contribution in [2.45, 2.75) is 25.3 Å². The van der Waals surface area contributed by atoms with Crippen molar-refractivity contribution in [2.24, 2.45) is 0 Å². The van der Waals surface area contributed by atoms with E-state index in [4.69, 9.17) is 17.3 Å². The summed E-state index contributed by atoms with van der Waals surface area (Å²) in [6.07, 6.45) is 2.48. The van der Waals surface area contributed by atoms with Crippen LogP contribution in [0.3, 0.4) is 0 Å². The molecule has 17 heavy (non-hydrogen) atoms. The Labute approximate surface area is 113 Å². The Kier molecular flexibility index (Phi) is 2.98. The first-order valence-corrected chi connectivity index (χ1v) is 7.44. The van der Waals surface area contributed by atoms with Gasteiger partial charge in [-0.05, 0) is 42.4 Å². The van der Waals surface area contributed by atoms with Gasteiger partial charge in [0, 0.05) is 10.4 Å². The molecule has 0 amide bonds. The number of nitrogens with zero attached hydrogens (tertiary/aromatic N) is 1. The van der Waals surface area contributed by atoms with Crippen LogP contribution >= 0.6 is 34.5 Å². The Balaban J connectivity index is 1.72. The summed E-state index contributed by atoms with van der Waals surface area (Å²) in [7, 11) is 0. The maximum atomic E-state index is 5.90. The fourth-order valence-corrected chi connectivity index (χ4v) is 3.64. The molecule has 6 heteroatoms. The second-order valence-electron chi connectivity index (χ2n) is 4.14. The van der Waals surface area contributed by atoms with E-state index in [-0.39, 0.29) is 0 Å². The van der Waals surface area contributed by atoms with Gasteiger partial charge < -0.3 is 11.1 Å². The molecule has 2 aromatic heterocycles. The Bertz CT molecular complexity index is 531.